The molecule has 0 aliphatic heterocycles. The number of nitrogens with zero attached hydrogens (tertiary/aromatic N) is 3. The van der Waals surface area contributed by atoms with Crippen LogP contribution in [0.1, 0.15) is 25.2 Å². The number of fused-ring (bicyclic) bond motifs is 2. The van der Waals surface area contributed by atoms with Gasteiger partial charge in [-0.2, -0.15) is 0 Å². The van der Waals surface area contributed by atoms with Crippen LogP contribution in [0.2, 0.25) is 5.02 Å². The number of halogens is 1. The van der Waals surface area contributed by atoms with Gasteiger partial charge in [-0.1, -0.05) is 67.9 Å². The maximum atomic E-state index is 13.5. The average Bonchev–Trinajstić information content (AvgIpc) is 2.79. The van der Waals surface area contributed by atoms with E-state index in [4.69, 9.17) is 16.6 Å². The van der Waals surface area contributed by atoms with Crippen LogP contribution in [0.3, 0.4) is 0 Å². The van der Waals surface area contributed by atoms with Crippen LogP contribution in [0.5, 0.6) is 0 Å². The van der Waals surface area contributed by atoms with Crippen LogP contribution in [0, 0.1) is 0 Å². The topological polar surface area (TPSA) is 38.1 Å². The van der Waals surface area contributed by atoms with Crippen molar-refractivity contribution < 1.29 is 0 Å². The summed E-state index contributed by atoms with van der Waals surface area (Å²) in [5.41, 5.74) is 1.73. The molecule has 0 bridgehead atoms. The second kappa shape index (κ2) is 9.46. The van der Waals surface area contributed by atoms with Gasteiger partial charge in [0.15, 0.2) is 0 Å². The van der Waals surface area contributed by atoms with E-state index in [0.29, 0.717) is 22.8 Å². The Kier molecular flexibility index (Phi) is 6.50. The first kappa shape index (κ1) is 21.3. The van der Waals surface area contributed by atoms with Gasteiger partial charge in [0, 0.05) is 18.1 Å². The molecular weight excluding hydrogens is 406 g/mol. The van der Waals surface area contributed by atoms with Crippen LogP contribution >= 0.6 is 11.6 Å². The molecule has 0 atom stereocenters. The first-order valence-electron chi connectivity index (χ1n) is 10.7. The van der Waals surface area contributed by atoms with E-state index in [1.165, 1.54) is 0 Å². The van der Waals surface area contributed by atoms with Crippen molar-refractivity contribution in [2.24, 2.45) is 0 Å². The fourth-order valence-electron chi connectivity index (χ4n) is 3.79. The number of hydrogen-bond donors (Lipinski definition) is 0. The predicted octanol–water partition coefficient (Wildman–Crippen LogP) is 5.72. The van der Waals surface area contributed by atoms with E-state index in [1.54, 1.807) is 4.57 Å². The van der Waals surface area contributed by atoms with E-state index < -0.39 is 0 Å². The second-order valence-corrected chi connectivity index (χ2v) is 7.99. The molecule has 0 saturated carbocycles. The zero-order valence-electron chi connectivity index (χ0n) is 17.9. The van der Waals surface area contributed by atoms with Gasteiger partial charge >= 0.3 is 0 Å². The van der Waals surface area contributed by atoms with Gasteiger partial charge in [-0.05, 0) is 59.8 Å². The maximum Gasteiger partial charge on any atom is 0.261 e. The van der Waals surface area contributed by atoms with Crippen molar-refractivity contribution in [1.82, 2.24) is 14.5 Å². The zero-order valence-corrected chi connectivity index (χ0v) is 18.6. The fraction of sp³-hybridized carbons (Fsp3) is 0.231. The van der Waals surface area contributed by atoms with E-state index in [9.17, 15) is 4.79 Å². The third kappa shape index (κ3) is 4.71. The Bertz CT molecular complexity index is 1290. The molecule has 0 saturated heterocycles. The van der Waals surface area contributed by atoms with Crippen molar-refractivity contribution in [3.8, 4) is 0 Å². The van der Waals surface area contributed by atoms with Crippen LogP contribution in [-0.4, -0.2) is 34.1 Å². The Morgan fingerprint density at radius 3 is 2.32 bits per heavy atom. The molecule has 1 aromatic heterocycles. The highest BCUT2D eigenvalue weighted by Crippen LogP contribution is 2.20. The summed E-state index contributed by atoms with van der Waals surface area (Å²) in [7, 11) is 0. The lowest BCUT2D eigenvalue weighted by Crippen LogP contribution is -2.32. The quantitative estimate of drug-likeness (QED) is 0.351. The Morgan fingerprint density at radius 1 is 0.968 bits per heavy atom. The summed E-state index contributed by atoms with van der Waals surface area (Å²) in [5.74, 6) is 0.662. The molecule has 4 aromatic rings. The van der Waals surface area contributed by atoms with Gasteiger partial charge in [-0.3, -0.25) is 9.36 Å². The van der Waals surface area contributed by atoms with Crippen LogP contribution in [0.15, 0.2) is 65.5 Å². The zero-order chi connectivity index (χ0) is 21.8. The molecule has 3 aromatic carbocycles. The Labute approximate surface area is 187 Å². The lowest BCUT2D eigenvalue weighted by molar-refractivity contribution is 0.288. The Hall–Kier alpha value is -2.95. The molecule has 0 amide bonds. The highest BCUT2D eigenvalue weighted by Gasteiger charge is 2.12. The van der Waals surface area contributed by atoms with Crippen molar-refractivity contribution in [3.05, 3.63) is 87.4 Å². The number of rotatable bonds is 7. The largest absolute Gasteiger partial charge is 0.302 e. The van der Waals surface area contributed by atoms with Gasteiger partial charge in [0.05, 0.1) is 10.9 Å². The summed E-state index contributed by atoms with van der Waals surface area (Å²) >= 11 is 6.00. The van der Waals surface area contributed by atoms with Crippen LogP contribution in [0.4, 0.5) is 0 Å². The van der Waals surface area contributed by atoms with Crippen molar-refractivity contribution in [2.45, 2.75) is 20.4 Å². The summed E-state index contributed by atoms with van der Waals surface area (Å²) in [6.45, 7) is 7.57. The normalized spacial score (nSPS) is 11.9. The predicted molar refractivity (Wildman–Crippen MR) is 132 cm³/mol. The van der Waals surface area contributed by atoms with Gasteiger partial charge in [-0.25, -0.2) is 4.98 Å². The molecule has 158 valence electrons. The SMILES string of the molecule is CCN(CC)CCn1c(C=Cc2ccc(Cl)cc2)nc2cc3ccccc3cc2c1=O. The molecule has 0 aliphatic rings. The number of benzene rings is 3. The lowest BCUT2D eigenvalue weighted by atomic mass is 10.1. The molecule has 0 unspecified atom stereocenters. The van der Waals surface area contributed by atoms with Gasteiger partial charge in [-0.15, -0.1) is 0 Å². The van der Waals surface area contributed by atoms with Crippen LogP contribution in [-0.2, 0) is 6.54 Å². The summed E-state index contributed by atoms with van der Waals surface area (Å²) in [4.78, 5) is 20.7. The van der Waals surface area contributed by atoms with Gasteiger partial charge in [0.2, 0.25) is 0 Å². The number of likely N-dealkylation sites (N-methyl/N-ethyl adjacent to an activating group) is 1. The minimum absolute atomic E-state index is 0.00124. The highest BCUT2D eigenvalue weighted by molar-refractivity contribution is 6.30. The van der Waals surface area contributed by atoms with E-state index >= 15 is 0 Å². The van der Waals surface area contributed by atoms with E-state index in [1.807, 2.05) is 72.8 Å². The summed E-state index contributed by atoms with van der Waals surface area (Å²) in [5, 5.41) is 3.48. The highest BCUT2D eigenvalue weighted by atomic mass is 35.5. The van der Waals surface area contributed by atoms with E-state index in [2.05, 4.69) is 18.7 Å². The Morgan fingerprint density at radius 2 is 1.65 bits per heavy atom. The van der Waals surface area contributed by atoms with Gasteiger partial charge in [0.25, 0.3) is 5.56 Å². The first-order chi connectivity index (χ1) is 15.1. The molecule has 1 heterocycles. The van der Waals surface area contributed by atoms with Crippen molar-refractivity contribution in [2.75, 3.05) is 19.6 Å². The molecular formula is C26H26ClN3O. The molecule has 0 fully saturated rings. The standard InChI is InChI=1S/C26H26ClN3O/c1-3-29(4-2)15-16-30-25(14-11-19-9-12-22(27)13-10-19)28-24-18-21-8-6-5-7-20(21)17-23(24)26(30)31/h5-14,17-18H,3-4,15-16H2,1-2H3. The molecule has 0 spiro atoms. The summed E-state index contributed by atoms with van der Waals surface area (Å²) in [6.07, 6.45) is 3.89. The molecule has 5 heteroatoms. The first-order valence-corrected chi connectivity index (χ1v) is 11.1. The average molecular weight is 432 g/mol. The monoisotopic (exact) mass is 431 g/mol. The van der Waals surface area contributed by atoms with Crippen molar-refractivity contribution in [3.63, 3.8) is 0 Å². The summed E-state index contributed by atoms with van der Waals surface area (Å²) in [6, 6.07) is 19.6. The minimum Gasteiger partial charge on any atom is -0.302 e. The fourth-order valence-corrected chi connectivity index (χ4v) is 3.92. The van der Waals surface area contributed by atoms with Crippen molar-refractivity contribution >= 4 is 45.4 Å². The van der Waals surface area contributed by atoms with E-state index in [-0.39, 0.29) is 5.56 Å². The molecule has 31 heavy (non-hydrogen) atoms. The van der Waals surface area contributed by atoms with Crippen molar-refractivity contribution in [1.29, 1.82) is 0 Å². The molecule has 4 nitrogen and oxygen atoms in total. The second-order valence-electron chi connectivity index (χ2n) is 7.56. The van der Waals surface area contributed by atoms with Crippen LogP contribution in [0.25, 0.3) is 33.8 Å². The molecule has 0 aliphatic carbocycles. The molecule has 0 radical (unpaired) electrons. The third-order valence-corrected chi connectivity index (χ3v) is 5.93. The third-order valence-electron chi connectivity index (χ3n) is 5.68. The molecule has 4 rings (SSSR count). The maximum absolute atomic E-state index is 13.5. The number of aromatic nitrogens is 2. The number of hydrogen-bond acceptors (Lipinski definition) is 3. The molecule has 0 N–H and O–H groups in total. The van der Waals surface area contributed by atoms with Gasteiger partial charge in [0.1, 0.15) is 5.82 Å². The summed E-state index contributed by atoms with van der Waals surface area (Å²) < 4.78 is 1.79. The van der Waals surface area contributed by atoms with Crippen LogP contribution < -0.4 is 5.56 Å². The smallest absolute Gasteiger partial charge is 0.261 e. The lowest BCUT2D eigenvalue weighted by Gasteiger charge is -2.19. The van der Waals surface area contributed by atoms with Gasteiger partial charge < -0.3 is 4.90 Å². The van der Waals surface area contributed by atoms with E-state index in [0.717, 1.165) is 41.5 Å². The Balaban J connectivity index is 1.83. The minimum atomic E-state index is -0.00124.